The number of fused-ring (bicyclic) bond motifs is 1. The van der Waals surface area contributed by atoms with Crippen LogP contribution >= 0.6 is 24.8 Å². The standard InChI is InChI=1S/C17H25N3O.2ClH/c18-16(13-5-2-1-3-6-13)12-17(21)19-14-8-10-20-9-4-7-15(20)11-14;;/h1-3,5-6,14-16H,4,7-12,18H2,(H,19,21);2*1H. The van der Waals surface area contributed by atoms with Gasteiger partial charge in [-0.25, -0.2) is 0 Å². The highest BCUT2D eigenvalue weighted by atomic mass is 35.5. The fourth-order valence-corrected chi connectivity index (χ4v) is 3.66. The van der Waals surface area contributed by atoms with Gasteiger partial charge in [0.05, 0.1) is 0 Å². The topological polar surface area (TPSA) is 58.4 Å². The third kappa shape index (κ3) is 5.35. The molecule has 6 heteroatoms. The van der Waals surface area contributed by atoms with E-state index in [9.17, 15) is 4.79 Å². The van der Waals surface area contributed by atoms with E-state index >= 15 is 0 Å². The van der Waals surface area contributed by atoms with Gasteiger partial charge >= 0.3 is 0 Å². The molecule has 2 aliphatic heterocycles. The second-order valence-electron chi connectivity index (χ2n) is 6.34. The van der Waals surface area contributed by atoms with Crippen molar-refractivity contribution in [2.45, 2.75) is 50.2 Å². The van der Waals surface area contributed by atoms with E-state index < -0.39 is 0 Å². The molecule has 3 atom stereocenters. The highest BCUT2D eigenvalue weighted by Gasteiger charge is 2.32. The Balaban J connectivity index is 0.00000132. The summed E-state index contributed by atoms with van der Waals surface area (Å²) in [6, 6.07) is 10.7. The first-order valence-corrected chi connectivity index (χ1v) is 8.06. The van der Waals surface area contributed by atoms with E-state index in [0.29, 0.717) is 18.5 Å². The molecule has 0 aliphatic carbocycles. The Bertz CT molecular complexity index is 486. The van der Waals surface area contributed by atoms with Gasteiger partial charge in [0.25, 0.3) is 0 Å². The van der Waals surface area contributed by atoms with Crippen molar-refractivity contribution in [1.29, 1.82) is 0 Å². The van der Waals surface area contributed by atoms with Crippen molar-refractivity contribution in [1.82, 2.24) is 10.2 Å². The van der Waals surface area contributed by atoms with Crippen molar-refractivity contribution >= 4 is 30.7 Å². The van der Waals surface area contributed by atoms with E-state index in [-0.39, 0.29) is 36.8 Å². The Morgan fingerprint density at radius 3 is 2.70 bits per heavy atom. The number of hydrogen-bond donors (Lipinski definition) is 2. The number of piperidine rings is 1. The molecular weight excluding hydrogens is 333 g/mol. The molecule has 2 fully saturated rings. The van der Waals surface area contributed by atoms with Crippen molar-refractivity contribution in [2.75, 3.05) is 13.1 Å². The van der Waals surface area contributed by atoms with Gasteiger partial charge in [0.15, 0.2) is 0 Å². The predicted molar refractivity (Wildman–Crippen MR) is 98.2 cm³/mol. The van der Waals surface area contributed by atoms with Crippen molar-refractivity contribution in [3.8, 4) is 0 Å². The van der Waals surface area contributed by atoms with Gasteiger partial charge in [-0.05, 0) is 37.8 Å². The SMILES string of the molecule is Cl.Cl.NC(CC(=O)NC1CCN2CCCC2C1)c1ccccc1. The zero-order valence-electron chi connectivity index (χ0n) is 13.3. The highest BCUT2D eigenvalue weighted by molar-refractivity contribution is 5.85. The first-order valence-electron chi connectivity index (χ1n) is 8.06. The number of nitrogens with two attached hydrogens (primary N) is 1. The quantitative estimate of drug-likeness (QED) is 0.868. The lowest BCUT2D eigenvalue weighted by molar-refractivity contribution is -0.122. The van der Waals surface area contributed by atoms with E-state index in [2.05, 4.69) is 10.2 Å². The molecule has 1 aromatic carbocycles. The predicted octanol–water partition coefficient (Wildman–Crippen LogP) is 2.66. The van der Waals surface area contributed by atoms with Crippen LogP contribution in [-0.4, -0.2) is 36.0 Å². The Morgan fingerprint density at radius 1 is 1.22 bits per heavy atom. The number of hydrogen-bond acceptors (Lipinski definition) is 3. The fraction of sp³-hybridized carbons (Fsp3) is 0.588. The second kappa shape index (κ2) is 9.48. The summed E-state index contributed by atoms with van der Waals surface area (Å²) in [6.45, 7) is 2.37. The lowest BCUT2D eigenvalue weighted by Gasteiger charge is -2.35. The van der Waals surface area contributed by atoms with Gasteiger partial charge < -0.3 is 16.0 Å². The van der Waals surface area contributed by atoms with E-state index in [4.69, 9.17) is 5.73 Å². The molecular formula is C17H27Cl2N3O. The molecule has 0 bridgehead atoms. The summed E-state index contributed by atoms with van der Waals surface area (Å²) in [4.78, 5) is 14.8. The largest absolute Gasteiger partial charge is 0.353 e. The average Bonchev–Trinajstić information content (AvgIpc) is 2.95. The van der Waals surface area contributed by atoms with E-state index in [0.717, 1.165) is 24.9 Å². The summed E-state index contributed by atoms with van der Waals surface area (Å²) < 4.78 is 0. The van der Waals surface area contributed by atoms with Gasteiger partial charge in [0, 0.05) is 31.1 Å². The Labute approximate surface area is 151 Å². The minimum Gasteiger partial charge on any atom is -0.353 e. The highest BCUT2D eigenvalue weighted by Crippen LogP contribution is 2.27. The fourth-order valence-electron chi connectivity index (χ4n) is 3.66. The first kappa shape index (κ1) is 20.2. The van der Waals surface area contributed by atoms with Crippen LogP contribution in [0.3, 0.4) is 0 Å². The summed E-state index contributed by atoms with van der Waals surface area (Å²) in [5.41, 5.74) is 7.14. The van der Waals surface area contributed by atoms with Crippen molar-refractivity contribution in [2.24, 2.45) is 5.73 Å². The molecule has 2 aliphatic rings. The normalized spacial score (nSPS) is 24.7. The maximum Gasteiger partial charge on any atom is 0.222 e. The summed E-state index contributed by atoms with van der Waals surface area (Å²) in [6.07, 6.45) is 5.14. The number of nitrogens with one attached hydrogen (secondary N) is 1. The van der Waals surface area contributed by atoms with Crippen LogP contribution in [0.4, 0.5) is 0 Å². The lowest BCUT2D eigenvalue weighted by atomic mass is 9.97. The lowest BCUT2D eigenvalue weighted by Crippen LogP contribution is -2.47. The van der Waals surface area contributed by atoms with E-state index in [1.165, 1.54) is 19.4 Å². The van der Waals surface area contributed by atoms with Crippen LogP contribution in [0.1, 0.15) is 43.7 Å². The van der Waals surface area contributed by atoms with Gasteiger partial charge in [0.1, 0.15) is 0 Å². The molecule has 3 N–H and O–H groups in total. The molecule has 0 saturated carbocycles. The molecule has 0 aromatic heterocycles. The van der Waals surface area contributed by atoms with Crippen molar-refractivity contribution in [3.05, 3.63) is 35.9 Å². The Hall–Kier alpha value is -0.810. The smallest absolute Gasteiger partial charge is 0.222 e. The molecule has 3 rings (SSSR count). The molecule has 23 heavy (non-hydrogen) atoms. The molecule has 0 radical (unpaired) electrons. The van der Waals surface area contributed by atoms with Gasteiger partial charge in [-0.1, -0.05) is 30.3 Å². The number of nitrogens with zero attached hydrogens (tertiary/aromatic N) is 1. The summed E-state index contributed by atoms with van der Waals surface area (Å²) in [5, 5.41) is 3.19. The van der Waals surface area contributed by atoms with Crippen LogP contribution in [0.5, 0.6) is 0 Å². The van der Waals surface area contributed by atoms with Crippen LogP contribution in [-0.2, 0) is 4.79 Å². The minimum absolute atomic E-state index is 0. The van der Waals surface area contributed by atoms with Gasteiger partial charge in [-0.2, -0.15) is 0 Å². The molecule has 4 nitrogen and oxygen atoms in total. The van der Waals surface area contributed by atoms with Gasteiger partial charge in [-0.15, -0.1) is 24.8 Å². The molecule has 0 spiro atoms. The maximum atomic E-state index is 12.2. The first-order chi connectivity index (χ1) is 10.2. The molecule has 2 saturated heterocycles. The van der Waals surface area contributed by atoms with E-state index in [1.54, 1.807) is 0 Å². The summed E-state index contributed by atoms with van der Waals surface area (Å²) >= 11 is 0. The molecule has 2 heterocycles. The van der Waals surface area contributed by atoms with Crippen LogP contribution < -0.4 is 11.1 Å². The monoisotopic (exact) mass is 359 g/mol. The third-order valence-corrected chi connectivity index (χ3v) is 4.82. The Morgan fingerprint density at radius 2 is 1.96 bits per heavy atom. The van der Waals surface area contributed by atoms with Crippen LogP contribution in [0, 0.1) is 0 Å². The van der Waals surface area contributed by atoms with Gasteiger partial charge in [-0.3, -0.25) is 4.79 Å². The number of rotatable bonds is 4. The maximum absolute atomic E-state index is 12.2. The average molecular weight is 360 g/mol. The van der Waals surface area contributed by atoms with Crippen molar-refractivity contribution < 1.29 is 4.79 Å². The number of carbonyl (C=O) groups is 1. The van der Waals surface area contributed by atoms with E-state index in [1.807, 2.05) is 30.3 Å². The zero-order chi connectivity index (χ0) is 14.7. The van der Waals surface area contributed by atoms with Crippen LogP contribution in [0.25, 0.3) is 0 Å². The summed E-state index contributed by atoms with van der Waals surface area (Å²) in [7, 11) is 0. The molecule has 130 valence electrons. The second-order valence-corrected chi connectivity index (χ2v) is 6.34. The zero-order valence-corrected chi connectivity index (χ0v) is 15.0. The summed E-state index contributed by atoms with van der Waals surface area (Å²) in [5.74, 6) is 0.0859. The molecule has 1 amide bonds. The number of benzene rings is 1. The number of carbonyl (C=O) groups excluding carboxylic acids is 1. The Kier molecular flexibility index (Phi) is 8.34. The third-order valence-electron chi connectivity index (χ3n) is 4.82. The van der Waals surface area contributed by atoms with Gasteiger partial charge in [0.2, 0.25) is 5.91 Å². The number of amides is 1. The molecule has 3 unspecified atom stereocenters. The number of halogens is 2. The minimum atomic E-state index is -0.210. The molecule has 1 aromatic rings. The van der Waals surface area contributed by atoms with Crippen molar-refractivity contribution in [3.63, 3.8) is 0 Å². The van der Waals surface area contributed by atoms with Crippen LogP contribution in [0.2, 0.25) is 0 Å². The van der Waals surface area contributed by atoms with Crippen LogP contribution in [0.15, 0.2) is 30.3 Å².